The van der Waals surface area contributed by atoms with Crippen LogP contribution in [0.25, 0.3) is 11.0 Å². The van der Waals surface area contributed by atoms with E-state index in [0.29, 0.717) is 0 Å². The minimum Gasteiger partial charge on any atom is -0.378 e. The van der Waals surface area contributed by atoms with E-state index in [9.17, 15) is 0 Å². The van der Waals surface area contributed by atoms with Gasteiger partial charge in [-0.25, -0.2) is 9.98 Å². The van der Waals surface area contributed by atoms with E-state index in [2.05, 4.69) is 60.8 Å². The van der Waals surface area contributed by atoms with E-state index in [-0.39, 0.29) is 0 Å². The van der Waals surface area contributed by atoms with Gasteiger partial charge in [0.2, 0.25) is 0 Å². The van der Waals surface area contributed by atoms with Crippen LogP contribution in [0.1, 0.15) is 17.8 Å². The normalized spacial score (nSPS) is 18.5. The molecule has 0 amide bonds. The van der Waals surface area contributed by atoms with Gasteiger partial charge in [-0.3, -0.25) is 4.90 Å². The second kappa shape index (κ2) is 9.95. The molecule has 0 atom stereocenters. The fourth-order valence-corrected chi connectivity index (χ4v) is 4.96. The van der Waals surface area contributed by atoms with Crippen LogP contribution in [-0.2, 0) is 11.3 Å². The van der Waals surface area contributed by atoms with Crippen molar-refractivity contribution in [2.45, 2.75) is 13.0 Å². The summed E-state index contributed by atoms with van der Waals surface area (Å²) in [4.78, 5) is 19.7. The summed E-state index contributed by atoms with van der Waals surface area (Å²) in [5.74, 6) is 7.24. The Morgan fingerprint density at radius 1 is 0.971 bits per heavy atom. The number of benzene rings is 2. The molecule has 3 aliphatic heterocycles. The van der Waals surface area contributed by atoms with Gasteiger partial charge in [0.25, 0.3) is 0 Å². The Morgan fingerprint density at radius 2 is 1.83 bits per heavy atom. The summed E-state index contributed by atoms with van der Waals surface area (Å²) in [6.07, 6.45) is 3.01. The zero-order valence-electron chi connectivity index (χ0n) is 19.9. The third kappa shape index (κ3) is 5.09. The van der Waals surface area contributed by atoms with Crippen LogP contribution in [0.15, 0.2) is 64.8 Å². The van der Waals surface area contributed by atoms with Crippen LogP contribution >= 0.6 is 0 Å². The summed E-state index contributed by atoms with van der Waals surface area (Å²) in [5.41, 5.74) is 7.24. The predicted molar refractivity (Wildman–Crippen MR) is 139 cm³/mol. The van der Waals surface area contributed by atoms with Crippen LogP contribution in [0, 0.1) is 11.8 Å². The van der Waals surface area contributed by atoms with Crippen molar-refractivity contribution in [3.63, 3.8) is 0 Å². The molecule has 0 saturated carbocycles. The first-order valence-electron chi connectivity index (χ1n) is 12.4. The summed E-state index contributed by atoms with van der Waals surface area (Å²) < 4.78 is 5.47. The third-order valence-corrected chi connectivity index (χ3v) is 6.86. The van der Waals surface area contributed by atoms with Gasteiger partial charge in [0.1, 0.15) is 0 Å². The fraction of sp³-hybridized carbons (Fsp3) is 0.357. The Bertz CT molecular complexity index is 1270. The number of imidazole rings is 1. The third-order valence-electron chi connectivity index (χ3n) is 6.86. The molecular weight excluding hydrogens is 436 g/mol. The van der Waals surface area contributed by atoms with E-state index < -0.39 is 0 Å². The molecule has 4 heterocycles. The van der Waals surface area contributed by atoms with Crippen LogP contribution in [0.3, 0.4) is 0 Å². The molecule has 3 aromatic rings. The largest absolute Gasteiger partial charge is 0.378 e. The van der Waals surface area contributed by atoms with Crippen LogP contribution in [0.5, 0.6) is 0 Å². The Balaban J connectivity index is 1.04. The molecule has 178 valence electrons. The first kappa shape index (κ1) is 21.9. The number of morpholine rings is 1. The smallest absolute Gasteiger partial charge is 0.183 e. The van der Waals surface area contributed by atoms with Gasteiger partial charge in [-0.15, -0.1) is 0 Å². The number of anilines is 1. The number of H-pyrrole nitrogens is 1. The number of aromatic nitrogens is 2. The van der Waals surface area contributed by atoms with Crippen molar-refractivity contribution in [3.8, 4) is 11.8 Å². The summed E-state index contributed by atoms with van der Waals surface area (Å²) in [6.45, 7) is 8.01. The van der Waals surface area contributed by atoms with Crippen molar-refractivity contribution < 1.29 is 4.74 Å². The van der Waals surface area contributed by atoms with Crippen LogP contribution in [0.2, 0.25) is 0 Å². The highest BCUT2D eigenvalue weighted by molar-refractivity contribution is 5.75. The van der Waals surface area contributed by atoms with E-state index in [1.807, 2.05) is 30.6 Å². The number of nitrogens with one attached hydrogen (secondary N) is 1. The summed E-state index contributed by atoms with van der Waals surface area (Å²) in [5, 5.41) is 0. The minimum atomic E-state index is 0.733. The summed E-state index contributed by atoms with van der Waals surface area (Å²) >= 11 is 0. The zero-order chi connectivity index (χ0) is 23.5. The highest BCUT2D eigenvalue weighted by Gasteiger charge is 2.22. The van der Waals surface area contributed by atoms with Gasteiger partial charge < -0.3 is 19.5 Å². The van der Waals surface area contributed by atoms with Crippen molar-refractivity contribution in [3.05, 3.63) is 71.2 Å². The molecule has 35 heavy (non-hydrogen) atoms. The van der Waals surface area contributed by atoms with Crippen LogP contribution in [-0.4, -0.2) is 78.6 Å². The van der Waals surface area contributed by atoms with Gasteiger partial charge in [0, 0.05) is 57.1 Å². The molecule has 7 heteroatoms. The van der Waals surface area contributed by atoms with E-state index in [1.165, 1.54) is 22.5 Å². The lowest BCUT2D eigenvalue weighted by Gasteiger charge is -2.33. The van der Waals surface area contributed by atoms with Gasteiger partial charge in [0.15, 0.2) is 5.82 Å². The second-order valence-corrected chi connectivity index (χ2v) is 9.33. The van der Waals surface area contributed by atoms with Gasteiger partial charge in [-0.05, 0) is 41.3 Å². The molecule has 1 fully saturated rings. The first-order valence-corrected chi connectivity index (χ1v) is 12.4. The van der Waals surface area contributed by atoms with E-state index in [4.69, 9.17) is 9.73 Å². The minimum absolute atomic E-state index is 0.733. The van der Waals surface area contributed by atoms with Crippen molar-refractivity contribution >= 4 is 23.1 Å². The molecule has 0 unspecified atom stereocenters. The molecular formula is C28H30N6O. The topological polar surface area (TPSA) is 60.0 Å². The maximum atomic E-state index is 5.47. The number of hydrogen-bond acceptors (Lipinski definition) is 6. The monoisotopic (exact) mass is 466 g/mol. The van der Waals surface area contributed by atoms with E-state index in [0.717, 1.165) is 82.3 Å². The molecule has 0 radical (unpaired) electrons. The SMILES string of the molecule is C(#Cc1nc2ccccc2[nH]1)CN1CCC2=C(CN(Cc3ccc(N4CCOCC4)cc3)C=N2)C1. The average molecular weight is 467 g/mol. The second-order valence-electron chi connectivity index (χ2n) is 9.33. The summed E-state index contributed by atoms with van der Waals surface area (Å²) in [6, 6.07) is 17.0. The fourth-order valence-electron chi connectivity index (χ4n) is 4.96. The molecule has 1 N–H and O–H groups in total. The Kier molecular flexibility index (Phi) is 6.22. The Hall–Kier alpha value is -3.60. The number of fused-ring (bicyclic) bond motifs is 1. The van der Waals surface area contributed by atoms with Gasteiger partial charge in [-0.1, -0.05) is 30.2 Å². The average Bonchev–Trinajstić information content (AvgIpc) is 3.32. The number of aromatic amines is 1. The maximum Gasteiger partial charge on any atom is 0.183 e. The number of ether oxygens (including phenoxy) is 1. The molecule has 1 saturated heterocycles. The standard InChI is InChI=1S/C28H30N6O/c1-2-5-27-26(4-1)30-28(31-27)6-3-12-32-13-11-25-23(19-32)20-33(21-29-25)18-22-7-9-24(10-8-22)34-14-16-35-17-15-34/h1-2,4-5,7-10,21H,11-20H2,(H,30,31). The molecule has 2 aromatic carbocycles. The van der Waals surface area contributed by atoms with Gasteiger partial charge >= 0.3 is 0 Å². The molecule has 3 aliphatic rings. The highest BCUT2D eigenvalue weighted by Crippen LogP contribution is 2.24. The van der Waals surface area contributed by atoms with Gasteiger partial charge in [-0.2, -0.15) is 0 Å². The molecule has 0 aliphatic carbocycles. The van der Waals surface area contributed by atoms with Crippen molar-refractivity contribution in [1.82, 2.24) is 19.8 Å². The van der Waals surface area contributed by atoms with E-state index >= 15 is 0 Å². The van der Waals surface area contributed by atoms with Crippen molar-refractivity contribution in [2.75, 3.05) is 57.4 Å². The first-order chi connectivity index (χ1) is 17.3. The lowest BCUT2D eigenvalue weighted by molar-refractivity contribution is 0.122. The predicted octanol–water partition coefficient (Wildman–Crippen LogP) is 3.25. The number of nitrogens with zero attached hydrogens (tertiary/aromatic N) is 5. The Morgan fingerprint density at radius 3 is 2.69 bits per heavy atom. The number of para-hydroxylation sites is 2. The lowest BCUT2D eigenvalue weighted by atomic mass is 10.0. The molecule has 0 bridgehead atoms. The lowest BCUT2D eigenvalue weighted by Crippen LogP contribution is -2.38. The van der Waals surface area contributed by atoms with E-state index in [1.54, 1.807) is 0 Å². The molecule has 0 spiro atoms. The van der Waals surface area contributed by atoms with Gasteiger partial charge in [0.05, 0.1) is 37.1 Å². The number of hydrogen-bond donors (Lipinski definition) is 1. The number of rotatable bonds is 4. The molecule has 1 aromatic heterocycles. The molecule has 6 rings (SSSR count). The Labute approximate surface area is 206 Å². The zero-order valence-corrected chi connectivity index (χ0v) is 19.9. The van der Waals surface area contributed by atoms with Crippen LogP contribution < -0.4 is 4.90 Å². The maximum absolute atomic E-state index is 5.47. The number of aliphatic imine (C=N–C) groups is 1. The highest BCUT2D eigenvalue weighted by atomic mass is 16.5. The molecule has 7 nitrogen and oxygen atoms in total. The summed E-state index contributed by atoms with van der Waals surface area (Å²) in [7, 11) is 0. The van der Waals surface area contributed by atoms with Crippen LogP contribution in [0.4, 0.5) is 5.69 Å². The van der Waals surface area contributed by atoms with Crippen molar-refractivity contribution in [1.29, 1.82) is 0 Å². The quantitative estimate of drug-likeness (QED) is 0.598. The van der Waals surface area contributed by atoms with Crippen molar-refractivity contribution in [2.24, 2.45) is 4.99 Å².